The number of nitrogens with zero attached hydrogens (tertiary/aromatic N) is 3. The molecule has 0 aliphatic rings. The van der Waals surface area contributed by atoms with Gasteiger partial charge in [-0.05, 0) is 35.6 Å². The first-order valence-electron chi connectivity index (χ1n) is 9.20. The summed E-state index contributed by atoms with van der Waals surface area (Å²) >= 11 is 0. The highest BCUT2D eigenvalue weighted by molar-refractivity contribution is 5.95. The summed E-state index contributed by atoms with van der Waals surface area (Å²) in [6, 6.07) is 12.8. The summed E-state index contributed by atoms with van der Waals surface area (Å²) in [5, 5.41) is 3.16. The van der Waals surface area contributed by atoms with E-state index >= 15 is 0 Å². The number of hydrogen-bond acceptors (Lipinski definition) is 5. The molecule has 0 saturated carbocycles. The average molecular weight is 375 g/mol. The van der Waals surface area contributed by atoms with Crippen molar-refractivity contribution in [3.63, 3.8) is 0 Å². The molecule has 28 heavy (non-hydrogen) atoms. The van der Waals surface area contributed by atoms with Crippen LogP contribution in [0.3, 0.4) is 0 Å². The van der Waals surface area contributed by atoms with Gasteiger partial charge < -0.3 is 11.1 Å². The summed E-state index contributed by atoms with van der Waals surface area (Å²) in [4.78, 5) is 25.3. The maximum Gasteiger partial charge on any atom is 0.251 e. The predicted molar refractivity (Wildman–Crippen MR) is 110 cm³/mol. The van der Waals surface area contributed by atoms with E-state index in [4.69, 9.17) is 5.73 Å². The summed E-state index contributed by atoms with van der Waals surface area (Å²) in [6.07, 6.45) is 5.75. The Morgan fingerprint density at radius 2 is 1.96 bits per heavy atom. The van der Waals surface area contributed by atoms with Crippen LogP contribution in [0.5, 0.6) is 0 Å². The number of amides is 1. The number of pyridine rings is 1. The summed E-state index contributed by atoms with van der Waals surface area (Å²) in [5.41, 5.74) is 8.85. The molecule has 0 spiro atoms. The van der Waals surface area contributed by atoms with Gasteiger partial charge in [-0.1, -0.05) is 39.0 Å². The van der Waals surface area contributed by atoms with Gasteiger partial charge in [0.15, 0.2) is 0 Å². The van der Waals surface area contributed by atoms with Gasteiger partial charge in [-0.15, -0.1) is 0 Å². The van der Waals surface area contributed by atoms with Crippen molar-refractivity contribution in [3.8, 4) is 11.3 Å². The summed E-state index contributed by atoms with van der Waals surface area (Å²) in [6.45, 7) is 6.47. The van der Waals surface area contributed by atoms with E-state index in [-0.39, 0.29) is 17.4 Å². The number of aromatic nitrogens is 3. The van der Waals surface area contributed by atoms with Crippen LogP contribution < -0.4 is 11.1 Å². The average Bonchev–Trinajstić information content (AvgIpc) is 2.67. The monoisotopic (exact) mass is 375 g/mol. The number of carbonyl (C=O) groups is 1. The van der Waals surface area contributed by atoms with Crippen molar-refractivity contribution < 1.29 is 4.79 Å². The number of nitrogens with two attached hydrogens (primary N) is 1. The SMILES string of the molecule is CC(C)(C)CC(NC(=O)c1cccc(-c2cc(N)ncn2)c1)c1cccnc1. The second kappa shape index (κ2) is 8.17. The molecule has 0 bridgehead atoms. The van der Waals surface area contributed by atoms with Crippen LogP contribution in [0.15, 0.2) is 61.2 Å². The van der Waals surface area contributed by atoms with Gasteiger partial charge in [0, 0.05) is 29.6 Å². The van der Waals surface area contributed by atoms with Crippen LogP contribution in [0.4, 0.5) is 5.82 Å². The van der Waals surface area contributed by atoms with Crippen LogP contribution in [0, 0.1) is 5.41 Å². The summed E-state index contributed by atoms with van der Waals surface area (Å²) in [5.74, 6) is 0.253. The molecule has 0 aliphatic carbocycles. The molecule has 3 aromatic rings. The first-order valence-corrected chi connectivity index (χ1v) is 9.20. The normalized spacial score (nSPS) is 12.4. The fourth-order valence-corrected chi connectivity index (χ4v) is 3.04. The fraction of sp³-hybridized carbons (Fsp3) is 0.273. The smallest absolute Gasteiger partial charge is 0.251 e. The first kappa shape index (κ1) is 19.5. The van der Waals surface area contributed by atoms with E-state index in [0.717, 1.165) is 17.5 Å². The van der Waals surface area contributed by atoms with Crippen LogP contribution in [0.2, 0.25) is 0 Å². The van der Waals surface area contributed by atoms with Crippen molar-refractivity contribution in [1.82, 2.24) is 20.3 Å². The lowest BCUT2D eigenvalue weighted by Gasteiger charge is -2.27. The Kier molecular flexibility index (Phi) is 5.68. The van der Waals surface area contributed by atoms with Gasteiger partial charge in [-0.25, -0.2) is 9.97 Å². The van der Waals surface area contributed by atoms with E-state index in [9.17, 15) is 4.79 Å². The Bertz CT molecular complexity index is 950. The maximum absolute atomic E-state index is 13.0. The lowest BCUT2D eigenvalue weighted by molar-refractivity contribution is 0.0926. The molecule has 3 rings (SSSR count). The quantitative estimate of drug-likeness (QED) is 0.702. The van der Waals surface area contributed by atoms with Crippen molar-refractivity contribution in [2.24, 2.45) is 5.41 Å². The number of hydrogen-bond donors (Lipinski definition) is 2. The Morgan fingerprint density at radius 1 is 1.14 bits per heavy atom. The first-order chi connectivity index (χ1) is 13.3. The van der Waals surface area contributed by atoms with Crippen molar-refractivity contribution in [2.75, 3.05) is 5.73 Å². The minimum Gasteiger partial charge on any atom is -0.384 e. The molecular weight excluding hydrogens is 350 g/mol. The third-order valence-electron chi connectivity index (χ3n) is 4.32. The molecule has 0 radical (unpaired) electrons. The standard InChI is InChI=1S/C22H25N5O/c1-22(2,3)12-19(17-8-5-9-24-13-17)27-21(28)16-7-4-6-15(10-16)18-11-20(23)26-14-25-18/h4-11,13-14,19H,12H2,1-3H3,(H,27,28)(H2,23,25,26). The van der Waals surface area contributed by atoms with E-state index in [0.29, 0.717) is 17.1 Å². The van der Waals surface area contributed by atoms with E-state index in [1.165, 1.54) is 6.33 Å². The van der Waals surface area contributed by atoms with Crippen LogP contribution >= 0.6 is 0 Å². The van der Waals surface area contributed by atoms with Crippen LogP contribution in [-0.2, 0) is 0 Å². The molecule has 3 N–H and O–H groups in total. The van der Waals surface area contributed by atoms with E-state index < -0.39 is 0 Å². The molecule has 1 unspecified atom stereocenters. The van der Waals surface area contributed by atoms with Gasteiger partial charge in [0.2, 0.25) is 0 Å². The second-order valence-corrected chi connectivity index (χ2v) is 7.99. The molecule has 2 aromatic heterocycles. The van der Waals surface area contributed by atoms with Crippen molar-refractivity contribution in [1.29, 1.82) is 0 Å². The Balaban J connectivity index is 1.85. The number of nitrogens with one attached hydrogen (secondary N) is 1. The third kappa shape index (κ3) is 5.13. The molecule has 6 heteroatoms. The lowest BCUT2D eigenvalue weighted by atomic mass is 9.85. The Labute approximate surface area is 165 Å². The molecule has 1 atom stereocenters. The molecule has 2 heterocycles. The van der Waals surface area contributed by atoms with Gasteiger partial charge in [0.25, 0.3) is 5.91 Å². The molecule has 0 fully saturated rings. The predicted octanol–water partition coefficient (Wildman–Crippen LogP) is 4.03. The zero-order chi connectivity index (χ0) is 20.1. The minimum atomic E-state index is -0.137. The Morgan fingerprint density at radius 3 is 2.64 bits per heavy atom. The molecule has 144 valence electrons. The van der Waals surface area contributed by atoms with Crippen molar-refractivity contribution in [2.45, 2.75) is 33.2 Å². The number of benzene rings is 1. The molecular formula is C22H25N5O. The highest BCUT2D eigenvalue weighted by Gasteiger charge is 2.23. The molecule has 1 amide bonds. The number of rotatable bonds is 5. The van der Waals surface area contributed by atoms with E-state index in [1.54, 1.807) is 24.5 Å². The van der Waals surface area contributed by atoms with Crippen molar-refractivity contribution >= 4 is 11.7 Å². The molecule has 6 nitrogen and oxygen atoms in total. The van der Waals surface area contributed by atoms with Crippen LogP contribution in [-0.4, -0.2) is 20.9 Å². The van der Waals surface area contributed by atoms with E-state index in [1.807, 2.05) is 30.3 Å². The zero-order valence-electron chi connectivity index (χ0n) is 16.4. The maximum atomic E-state index is 13.0. The van der Waals surface area contributed by atoms with Crippen LogP contribution in [0.1, 0.15) is 49.2 Å². The third-order valence-corrected chi connectivity index (χ3v) is 4.32. The largest absolute Gasteiger partial charge is 0.384 e. The zero-order valence-corrected chi connectivity index (χ0v) is 16.4. The summed E-state index contributed by atoms with van der Waals surface area (Å²) < 4.78 is 0. The minimum absolute atomic E-state index is 0.0497. The molecule has 0 saturated heterocycles. The summed E-state index contributed by atoms with van der Waals surface area (Å²) in [7, 11) is 0. The van der Waals surface area contributed by atoms with Gasteiger partial charge in [-0.3, -0.25) is 9.78 Å². The topological polar surface area (TPSA) is 93.8 Å². The molecule has 1 aromatic carbocycles. The van der Waals surface area contributed by atoms with Crippen molar-refractivity contribution in [3.05, 3.63) is 72.3 Å². The Hall–Kier alpha value is -3.28. The van der Waals surface area contributed by atoms with Gasteiger partial charge in [-0.2, -0.15) is 0 Å². The number of carbonyl (C=O) groups excluding carboxylic acids is 1. The highest BCUT2D eigenvalue weighted by Crippen LogP contribution is 2.29. The lowest BCUT2D eigenvalue weighted by Crippen LogP contribution is -2.31. The van der Waals surface area contributed by atoms with Crippen LogP contribution in [0.25, 0.3) is 11.3 Å². The molecule has 0 aliphatic heterocycles. The number of nitrogen functional groups attached to an aromatic ring is 1. The number of anilines is 1. The van der Waals surface area contributed by atoms with E-state index in [2.05, 4.69) is 41.0 Å². The fourth-order valence-electron chi connectivity index (χ4n) is 3.04. The van der Waals surface area contributed by atoms with Gasteiger partial charge in [0.05, 0.1) is 11.7 Å². The highest BCUT2D eigenvalue weighted by atomic mass is 16.1. The van der Waals surface area contributed by atoms with Gasteiger partial charge >= 0.3 is 0 Å². The second-order valence-electron chi connectivity index (χ2n) is 7.99. The van der Waals surface area contributed by atoms with Gasteiger partial charge in [0.1, 0.15) is 12.1 Å².